The molecule has 0 radical (unpaired) electrons. The van der Waals surface area contributed by atoms with Crippen LogP contribution in [0.1, 0.15) is 5.56 Å². The number of amides is 1. The van der Waals surface area contributed by atoms with Crippen molar-refractivity contribution in [3.05, 3.63) is 23.8 Å². The molecule has 1 rings (SSSR count). The van der Waals surface area contributed by atoms with E-state index in [4.69, 9.17) is 15.9 Å². The first-order chi connectivity index (χ1) is 9.60. The second-order valence-corrected chi connectivity index (χ2v) is 4.48. The molecule has 0 aromatic heterocycles. The van der Waals surface area contributed by atoms with Crippen LogP contribution in [0.3, 0.4) is 0 Å². The number of hydrogen-bond donors (Lipinski definition) is 2. The number of ether oxygens (including phenoxy) is 2. The molecule has 0 fully saturated rings. The van der Waals surface area contributed by atoms with Crippen LogP contribution < -0.4 is 19.7 Å². The van der Waals surface area contributed by atoms with E-state index in [1.54, 1.807) is 14.2 Å². The van der Waals surface area contributed by atoms with E-state index in [-0.39, 0.29) is 12.5 Å². The Labute approximate surface area is 119 Å². The predicted octanol–water partition coefficient (Wildman–Crippen LogP) is -0.532. The molecule has 0 aliphatic rings. The first-order valence-electron chi connectivity index (χ1n) is 6.33. The molecule has 108 valence electrons. The monoisotopic (exact) mass is 277 g/mol. The van der Waals surface area contributed by atoms with Crippen molar-refractivity contribution < 1.29 is 19.2 Å². The van der Waals surface area contributed by atoms with Crippen molar-refractivity contribution in [2.75, 3.05) is 34.4 Å². The highest BCUT2D eigenvalue weighted by atomic mass is 16.5. The molecule has 0 aliphatic carbocycles. The third-order valence-electron chi connectivity index (χ3n) is 2.80. The lowest BCUT2D eigenvalue weighted by Crippen LogP contribution is -3.08. The Kier molecular flexibility index (Phi) is 6.41. The van der Waals surface area contributed by atoms with E-state index in [0.717, 1.165) is 10.5 Å². The summed E-state index contributed by atoms with van der Waals surface area (Å²) in [5, 5.41) is 2.65. The molecule has 0 saturated heterocycles. The van der Waals surface area contributed by atoms with Crippen LogP contribution in [0.5, 0.6) is 11.5 Å². The van der Waals surface area contributed by atoms with Crippen LogP contribution in [0, 0.1) is 12.3 Å². The Bertz CT molecular complexity index is 494. The SMILES string of the molecule is C#CCNC(=O)C[NH+](C)Cc1ccc(OC)c(OC)c1. The van der Waals surface area contributed by atoms with Gasteiger partial charge in [0.2, 0.25) is 0 Å². The van der Waals surface area contributed by atoms with Gasteiger partial charge >= 0.3 is 0 Å². The molecular formula is C15H21N2O3+. The van der Waals surface area contributed by atoms with E-state index in [0.29, 0.717) is 24.6 Å². The van der Waals surface area contributed by atoms with Crippen molar-refractivity contribution in [1.82, 2.24) is 5.32 Å². The number of terminal acetylenes is 1. The highest BCUT2D eigenvalue weighted by Crippen LogP contribution is 2.27. The molecule has 1 atom stereocenters. The largest absolute Gasteiger partial charge is 0.493 e. The van der Waals surface area contributed by atoms with Gasteiger partial charge in [0.1, 0.15) is 6.54 Å². The van der Waals surface area contributed by atoms with E-state index in [9.17, 15) is 4.79 Å². The number of benzene rings is 1. The van der Waals surface area contributed by atoms with Crippen LogP contribution in [0.4, 0.5) is 0 Å². The number of carbonyl (C=O) groups is 1. The quantitative estimate of drug-likeness (QED) is 0.659. The normalized spacial score (nSPS) is 11.3. The second kappa shape index (κ2) is 8.08. The molecule has 20 heavy (non-hydrogen) atoms. The number of rotatable bonds is 7. The van der Waals surface area contributed by atoms with Crippen molar-refractivity contribution in [3.63, 3.8) is 0 Å². The maximum atomic E-state index is 11.6. The lowest BCUT2D eigenvalue weighted by molar-refractivity contribution is -0.885. The Morgan fingerprint density at radius 2 is 2.05 bits per heavy atom. The molecular weight excluding hydrogens is 256 g/mol. The molecule has 0 aliphatic heterocycles. The van der Waals surface area contributed by atoms with E-state index in [2.05, 4.69) is 11.2 Å². The Morgan fingerprint density at radius 3 is 2.65 bits per heavy atom. The molecule has 0 saturated carbocycles. The lowest BCUT2D eigenvalue weighted by atomic mass is 10.2. The number of hydrogen-bond acceptors (Lipinski definition) is 3. The van der Waals surface area contributed by atoms with Gasteiger partial charge < -0.3 is 19.7 Å². The van der Waals surface area contributed by atoms with E-state index in [1.165, 1.54) is 0 Å². The van der Waals surface area contributed by atoms with E-state index in [1.807, 2.05) is 25.2 Å². The van der Waals surface area contributed by atoms with E-state index >= 15 is 0 Å². The summed E-state index contributed by atoms with van der Waals surface area (Å²) in [5.74, 6) is 3.71. The van der Waals surface area contributed by atoms with Crippen LogP contribution in [0.2, 0.25) is 0 Å². The summed E-state index contributed by atoms with van der Waals surface area (Å²) in [7, 11) is 5.16. The maximum absolute atomic E-state index is 11.6. The van der Waals surface area contributed by atoms with Gasteiger partial charge in [0.15, 0.2) is 18.0 Å². The molecule has 1 unspecified atom stereocenters. The summed E-state index contributed by atoms with van der Waals surface area (Å²) in [5.41, 5.74) is 1.07. The van der Waals surface area contributed by atoms with Gasteiger partial charge in [0.05, 0.1) is 27.8 Å². The molecule has 5 heteroatoms. The highest BCUT2D eigenvalue weighted by molar-refractivity contribution is 5.77. The van der Waals surface area contributed by atoms with Crippen molar-refractivity contribution in [1.29, 1.82) is 0 Å². The Morgan fingerprint density at radius 1 is 1.35 bits per heavy atom. The van der Waals surface area contributed by atoms with Gasteiger partial charge in [0.25, 0.3) is 5.91 Å². The third kappa shape index (κ3) is 4.82. The second-order valence-electron chi connectivity index (χ2n) is 4.48. The van der Waals surface area contributed by atoms with Gasteiger partial charge in [-0.3, -0.25) is 4.79 Å². The molecule has 5 nitrogen and oxygen atoms in total. The van der Waals surface area contributed by atoms with Crippen LogP contribution >= 0.6 is 0 Å². The fraction of sp³-hybridized carbons (Fsp3) is 0.400. The first-order valence-corrected chi connectivity index (χ1v) is 6.33. The summed E-state index contributed by atoms with van der Waals surface area (Å²) >= 11 is 0. The standard InChI is InChI=1S/C15H20N2O3/c1-5-8-16-15(18)11-17(2)10-12-6-7-13(19-3)14(9-12)20-4/h1,6-7,9H,8,10-11H2,2-4H3,(H,16,18)/p+1. The van der Waals surface area contributed by atoms with Gasteiger partial charge in [-0.15, -0.1) is 6.42 Å². The zero-order valence-corrected chi connectivity index (χ0v) is 12.2. The number of nitrogens with one attached hydrogen (secondary N) is 2. The maximum Gasteiger partial charge on any atom is 0.275 e. The fourth-order valence-corrected chi connectivity index (χ4v) is 1.89. The minimum atomic E-state index is -0.0547. The third-order valence-corrected chi connectivity index (χ3v) is 2.80. The first kappa shape index (κ1) is 15.9. The number of methoxy groups -OCH3 is 2. The summed E-state index contributed by atoms with van der Waals surface area (Å²) in [6, 6.07) is 5.74. The molecule has 0 bridgehead atoms. The van der Waals surface area contributed by atoms with Crippen molar-refractivity contribution in [2.45, 2.75) is 6.54 Å². The minimum absolute atomic E-state index is 0.0547. The van der Waals surface area contributed by atoms with Gasteiger partial charge in [-0.2, -0.15) is 0 Å². The lowest BCUT2D eigenvalue weighted by Gasteiger charge is -2.15. The number of quaternary nitrogens is 1. The van der Waals surface area contributed by atoms with Crippen molar-refractivity contribution in [3.8, 4) is 23.8 Å². The van der Waals surface area contributed by atoms with Crippen molar-refractivity contribution >= 4 is 5.91 Å². The molecule has 0 heterocycles. The topological polar surface area (TPSA) is 52.0 Å². The fourth-order valence-electron chi connectivity index (χ4n) is 1.89. The van der Waals surface area contributed by atoms with Gasteiger partial charge in [0, 0.05) is 5.56 Å². The Balaban J connectivity index is 2.60. The molecule has 1 amide bonds. The molecule has 0 spiro atoms. The summed E-state index contributed by atoms with van der Waals surface area (Å²) < 4.78 is 10.4. The predicted molar refractivity (Wildman–Crippen MR) is 76.8 cm³/mol. The summed E-state index contributed by atoms with van der Waals surface area (Å²) in [6.07, 6.45) is 5.09. The van der Waals surface area contributed by atoms with Crippen LogP contribution in [0.15, 0.2) is 18.2 Å². The number of likely N-dealkylation sites (N-methyl/N-ethyl adjacent to an activating group) is 1. The van der Waals surface area contributed by atoms with Crippen LogP contribution in [0.25, 0.3) is 0 Å². The summed E-state index contributed by atoms with van der Waals surface area (Å²) in [4.78, 5) is 12.6. The molecule has 1 aromatic rings. The Hall–Kier alpha value is -2.19. The average Bonchev–Trinajstić information content (AvgIpc) is 2.44. The zero-order chi connectivity index (χ0) is 15.0. The smallest absolute Gasteiger partial charge is 0.275 e. The van der Waals surface area contributed by atoms with Crippen molar-refractivity contribution in [2.24, 2.45) is 0 Å². The number of carbonyl (C=O) groups excluding carboxylic acids is 1. The summed E-state index contributed by atoms with van der Waals surface area (Å²) in [6.45, 7) is 1.35. The minimum Gasteiger partial charge on any atom is -0.493 e. The zero-order valence-electron chi connectivity index (χ0n) is 12.2. The average molecular weight is 277 g/mol. The van der Waals surface area contributed by atoms with E-state index < -0.39 is 0 Å². The van der Waals surface area contributed by atoms with Crippen LogP contribution in [-0.4, -0.2) is 40.3 Å². The molecule has 2 N–H and O–H groups in total. The van der Waals surface area contributed by atoms with Gasteiger partial charge in [-0.05, 0) is 18.2 Å². The van der Waals surface area contributed by atoms with Gasteiger partial charge in [-0.1, -0.05) is 5.92 Å². The van der Waals surface area contributed by atoms with Gasteiger partial charge in [-0.25, -0.2) is 0 Å². The molecule has 1 aromatic carbocycles. The van der Waals surface area contributed by atoms with Crippen LogP contribution in [-0.2, 0) is 11.3 Å². The highest BCUT2D eigenvalue weighted by Gasteiger charge is 2.11.